The van der Waals surface area contributed by atoms with E-state index < -0.39 is 0 Å². The van der Waals surface area contributed by atoms with Gasteiger partial charge in [-0.1, -0.05) is 86.3 Å². The van der Waals surface area contributed by atoms with E-state index in [1.54, 1.807) is 0 Å². The summed E-state index contributed by atoms with van der Waals surface area (Å²) in [6.07, 6.45) is 4.69. The molecule has 0 spiro atoms. The van der Waals surface area contributed by atoms with E-state index in [0.717, 1.165) is 17.9 Å². The molecule has 108 valence electrons. The number of halogens is 1. The number of benzene rings is 2. The van der Waals surface area contributed by atoms with Crippen molar-refractivity contribution < 1.29 is 0 Å². The lowest BCUT2D eigenvalue weighted by Crippen LogP contribution is -1.82. The Morgan fingerprint density at radius 1 is 0.800 bits per heavy atom. The zero-order valence-corrected chi connectivity index (χ0v) is 13.6. The second-order valence-electron chi connectivity index (χ2n) is 5.08. The first-order valence-corrected chi connectivity index (χ1v) is 7.84. The summed E-state index contributed by atoms with van der Waals surface area (Å²) in [4.78, 5) is 0. The van der Waals surface area contributed by atoms with Crippen LogP contribution >= 0.6 is 11.6 Å². The molecule has 0 bridgehead atoms. The smallest absolute Gasteiger partial charge is 0.0437 e. The van der Waals surface area contributed by atoms with Crippen LogP contribution in [-0.4, -0.2) is 0 Å². The molecule has 2 aromatic rings. The van der Waals surface area contributed by atoms with E-state index in [-0.39, 0.29) is 0 Å². The van der Waals surface area contributed by atoms with Crippen LogP contribution in [0.1, 0.15) is 43.4 Å². The summed E-state index contributed by atoms with van der Waals surface area (Å²) >= 11 is 5.90. The molecule has 2 aromatic carbocycles. The average molecular weight is 289 g/mol. The van der Waals surface area contributed by atoms with Gasteiger partial charge in [0.2, 0.25) is 0 Å². The fraction of sp³-hybridized carbons (Fsp3) is 0.368. The minimum absolute atomic E-state index is 0.893. The molecule has 0 aliphatic heterocycles. The van der Waals surface area contributed by atoms with E-state index in [2.05, 4.69) is 51.1 Å². The van der Waals surface area contributed by atoms with Gasteiger partial charge in [-0.25, -0.2) is 0 Å². The molecule has 2 rings (SSSR count). The van der Waals surface area contributed by atoms with Crippen molar-refractivity contribution >= 4 is 11.6 Å². The number of hydrogen-bond donors (Lipinski definition) is 0. The first-order chi connectivity index (χ1) is 9.67. The van der Waals surface area contributed by atoms with Gasteiger partial charge >= 0.3 is 0 Å². The molecule has 0 nitrogen and oxygen atoms in total. The summed E-state index contributed by atoms with van der Waals surface area (Å²) in [6, 6.07) is 16.8. The number of rotatable bonds is 4. The average Bonchev–Trinajstić information content (AvgIpc) is 2.45. The third kappa shape index (κ3) is 6.25. The SMILES string of the molecule is CCCc1ccc(C)cc1.CCCc1ccccc1Cl. The Balaban J connectivity index is 0.000000200. The Morgan fingerprint density at radius 3 is 1.95 bits per heavy atom. The van der Waals surface area contributed by atoms with Crippen LogP contribution in [0.4, 0.5) is 0 Å². The second kappa shape index (κ2) is 9.61. The monoisotopic (exact) mass is 288 g/mol. The molecule has 0 saturated carbocycles. The molecule has 0 unspecified atom stereocenters. The van der Waals surface area contributed by atoms with Crippen molar-refractivity contribution in [1.29, 1.82) is 0 Å². The fourth-order valence-corrected chi connectivity index (χ4v) is 2.24. The van der Waals surface area contributed by atoms with Gasteiger partial charge in [-0.3, -0.25) is 0 Å². The summed E-state index contributed by atoms with van der Waals surface area (Å²) in [5.41, 5.74) is 4.06. The van der Waals surface area contributed by atoms with Gasteiger partial charge in [-0.2, -0.15) is 0 Å². The van der Waals surface area contributed by atoms with Crippen LogP contribution < -0.4 is 0 Å². The number of hydrogen-bond acceptors (Lipinski definition) is 0. The van der Waals surface area contributed by atoms with Crippen molar-refractivity contribution in [3.63, 3.8) is 0 Å². The van der Waals surface area contributed by atoms with E-state index in [9.17, 15) is 0 Å². The fourth-order valence-electron chi connectivity index (χ4n) is 2.01. The molecule has 0 aliphatic rings. The van der Waals surface area contributed by atoms with E-state index in [0.29, 0.717) is 0 Å². The molecule has 20 heavy (non-hydrogen) atoms. The molecule has 1 heteroatoms. The Labute approximate surface area is 128 Å². The molecule has 0 N–H and O–H groups in total. The van der Waals surface area contributed by atoms with Crippen LogP contribution in [0, 0.1) is 6.92 Å². The van der Waals surface area contributed by atoms with Gasteiger partial charge in [0.05, 0.1) is 0 Å². The maximum absolute atomic E-state index is 5.90. The minimum Gasteiger partial charge on any atom is -0.0840 e. The molecule has 0 fully saturated rings. The summed E-state index contributed by atoms with van der Waals surface area (Å²) in [5.74, 6) is 0. The second-order valence-corrected chi connectivity index (χ2v) is 5.48. The Morgan fingerprint density at radius 2 is 1.40 bits per heavy atom. The summed E-state index contributed by atoms with van der Waals surface area (Å²) in [5, 5.41) is 0.893. The molecule has 0 heterocycles. The van der Waals surface area contributed by atoms with Crippen molar-refractivity contribution in [3.05, 3.63) is 70.2 Å². The van der Waals surface area contributed by atoms with Crippen LogP contribution in [0.3, 0.4) is 0 Å². The lowest BCUT2D eigenvalue weighted by molar-refractivity contribution is 0.921. The van der Waals surface area contributed by atoms with Crippen LogP contribution in [0.5, 0.6) is 0 Å². The highest BCUT2D eigenvalue weighted by molar-refractivity contribution is 6.31. The zero-order valence-electron chi connectivity index (χ0n) is 12.8. The maximum Gasteiger partial charge on any atom is 0.0437 e. The van der Waals surface area contributed by atoms with Crippen molar-refractivity contribution in [2.45, 2.75) is 46.5 Å². The molecule has 0 aromatic heterocycles. The van der Waals surface area contributed by atoms with E-state index in [4.69, 9.17) is 11.6 Å². The van der Waals surface area contributed by atoms with E-state index >= 15 is 0 Å². The Bertz CT molecular complexity index is 485. The largest absolute Gasteiger partial charge is 0.0840 e. The minimum atomic E-state index is 0.893. The molecule has 0 aliphatic carbocycles. The third-order valence-electron chi connectivity index (χ3n) is 3.14. The highest BCUT2D eigenvalue weighted by Crippen LogP contribution is 2.15. The van der Waals surface area contributed by atoms with Crippen LogP contribution in [0.2, 0.25) is 5.02 Å². The molecule has 0 radical (unpaired) electrons. The van der Waals surface area contributed by atoms with Gasteiger partial charge in [0.15, 0.2) is 0 Å². The summed E-state index contributed by atoms with van der Waals surface area (Å²) < 4.78 is 0. The predicted octanol–water partition coefficient (Wildman–Crippen LogP) is 6.24. The van der Waals surface area contributed by atoms with E-state index in [1.165, 1.54) is 29.5 Å². The first kappa shape index (κ1) is 16.8. The van der Waals surface area contributed by atoms with Gasteiger partial charge in [0.1, 0.15) is 0 Å². The van der Waals surface area contributed by atoms with Gasteiger partial charge in [-0.15, -0.1) is 0 Å². The standard InChI is InChI=1S/C10H14.C9H11Cl/c1-3-4-10-7-5-9(2)6-8-10;1-2-5-8-6-3-4-7-9(8)10/h5-8H,3-4H2,1-2H3;3-4,6-7H,2,5H2,1H3. The zero-order chi connectivity index (χ0) is 14.8. The van der Waals surface area contributed by atoms with Crippen LogP contribution in [-0.2, 0) is 12.8 Å². The van der Waals surface area contributed by atoms with E-state index in [1.807, 2.05) is 18.2 Å². The quantitative estimate of drug-likeness (QED) is 0.624. The van der Waals surface area contributed by atoms with Gasteiger partial charge in [-0.05, 0) is 37.0 Å². The molecule has 0 saturated heterocycles. The number of aryl methyl sites for hydroxylation is 3. The van der Waals surface area contributed by atoms with Crippen LogP contribution in [0.25, 0.3) is 0 Å². The molecule has 0 amide bonds. The Hall–Kier alpha value is -1.27. The highest BCUT2D eigenvalue weighted by Gasteiger charge is 1.94. The van der Waals surface area contributed by atoms with Gasteiger partial charge < -0.3 is 0 Å². The molecule has 0 atom stereocenters. The lowest BCUT2D eigenvalue weighted by Gasteiger charge is -1.99. The first-order valence-electron chi connectivity index (χ1n) is 7.46. The van der Waals surface area contributed by atoms with Crippen LogP contribution in [0.15, 0.2) is 48.5 Å². The Kier molecular flexibility index (Phi) is 8.06. The highest BCUT2D eigenvalue weighted by atomic mass is 35.5. The van der Waals surface area contributed by atoms with Crippen molar-refractivity contribution in [2.75, 3.05) is 0 Å². The molecular weight excluding hydrogens is 264 g/mol. The van der Waals surface area contributed by atoms with Gasteiger partial charge in [0.25, 0.3) is 0 Å². The van der Waals surface area contributed by atoms with Crippen molar-refractivity contribution in [3.8, 4) is 0 Å². The maximum atomic E-state index is 5.90. The molecular formula is C19H25Cl. The predicted molar refractivity (Wildman–Crippen MR) is 90.6 cm³/mol. The normalized spacial score (nSPS) is 9.80. The van der Waals surface area contributed by atoms with Gasteiger partial charge in [0, 0.05) is 5.02 Å². The van der Waals surface area contributed by atoms with Crippen molar-refractivity contribution in [2.24, 2.45) is 0 Å². The lowest BCUT2D eigenvalue weighted by atomic mass is 10.1. The summed E-state index contributed by atoms with van der Waals surface area (Å²) in [7, 11) is 0. The third-order valence-corrected chi connectivity index (χ3v) is 3.51. The topological polar surface area (TPSA) is 0 Å². The van der Waals surface area contributed by atoms with Crippen molar-refractivity contribution in [1.82, 2.24) is 0 Å². The summed E-state index contributed by atoms with van der Waals surface area (Å²) in [6.45, 7) is 6.49.